The van der Waals surface area contributed by atoms with Crippen molar-refractivity contribution in [1.29, 1.82) is 0 Å². The highest BCUT2D eigenvalue weighted by atomic mass is 16.1. The Balaban J connectivity index is 2.10. The molecule has 0 aromatic carbocycles. The summed E-state index contributed by atoms with van der Waals surface area (Å²) < 4.78 is 0. The van der Waals surface area contributed by atoms with Gasteiger partial charge in [-0.3, -0.25) is 4.79 Å². The number of hydrogen-bond acceptors (Lipinski definition) is 1. The Labute approximate surface area is 72.2 Å². The molecule has 0 heterocycles. The van der Waals surface area contributed by atoms with Gasteiger partial charge in [-0.2, -0.15) is 0 Å². The summed E-state index contributed by atoms with van der Waals surface area (Å²) in [6.45, 7) is 0. The van der Waals surface area contributed by atoms with Gasteiger partial charge in [-0.25, -0.2) is 0 Å². The Morgan fingerprint density at radius 3 is 2.83 bits per heavy atom. The van der Waals surface area contributed by atoms with E-state index < -0.39 is 0 Å². The Morgan fingerprint density at radius 1 is 1.17 bits per heavy atom. The van der Waals surface area contributed by atoms with Crippen LogP contribution >= 0.6 is 0 Å². The molecule has 2 bridgehead atoms. The average Bonchev–Trinajstić information content (AvgIpc) is 2.64. The van der Waals surface area contributed by atoms with Gasteiger partial charge in [-0.1, -0.05) is 17.7 Å². The van der Waals surface area contributed by atoms with E-state index >= 15 is 0 Å². The summed E-state index contributed by atoms with van der Waals surface area (Å²) in [6.07, 6.45) is 8.81. The third-order valence-corrected chi connectivity index (χ3v) is 3.40. The Morgan fingerprint density at radius 2 is 2.00 bits per heavy atom. The zero-order valence-electron chi connectivity index (χ0n) is 7.05. The van der Waals surface area contributed by atoms with Crippen LogP contribution in [0.25, 0.3) is 0 Å². The first-order valence-corrected chi connectivity index (χ1v) is 4.81. The maximum absolute atomic E-state index is 11.6. The van der Waals surface area contributed by atoms with Crippen LogP contribution in [0, 0.1) is 11.8 Å². The van der Waals surface area contributed by atoms with Crippen molar-refractivity contribution in [2.75, 3.05) is 0 Å². The summed E-state index contributed by atoms with van der Waals surface area (Å²) >= 11 is 0. The van der Waals surface area contributed by atoms with Crippen LogP contribution in [0.2, 0.25) is 0 Å². The largest absolute Gasteiger partial charge is 0.295 e. The van der Waals surface area contributed by atoms with Crippen LogP contribution in [-0.4, -0.2) is 5.78 Å². The predicted molar refractivity (Wildman–Crippen MR) is 46.6 cm³/mol. The fraction of sp³-hybridized carbons (Fsp3) is 0.545. The summed E-state index contributed by atoms with van der Waals surface area (Å²) in [7, 11) is 0. The molecule has 0 saturated heterocycles. The summed E-state index contributed by atoms with van der Waals surface area (Å²) in [5, 5.41) is 0. The molecule has 2 atom stereocenters. The van der Waals surface area contributed by atoms with Crippen molar-refractivity contribution in [2.45, 2.75) is 25.7 Å². The minimum atomic E-state index is 0.438. The van der Waals surface area contributed by atoms with Gasteiger partial charge in [0.05, 0.1) is 0 Å². The Kier molecular flexibility index (Phi) is 1.16. The van der Waals surface area contributed by atoms with Crippen LogP contribution in [0.15, 0.2) is 23.3 Å². The molecule has 1 nitrogen and oxygen atoms in total. The summed E-state index contributed by atoms with van der Waals surface area (Å²) in [5.74, 6) is 1.60. The standard InChI is InChI=1S/C11H12O/c12-10-3-1-2-9-7-4-5-8(6-7)11(9)10/h4-5,7-8H,1-3,6H2/t7-,8+/m1/s1. The lowest BCUT2D eigenvalue weighted by Gasteiger charge is -2.19. The van der Waals surface area contributed by atoms with Crippen molar-refractivity contribution in [3.05, 3.63) is 23.3 Å². The Hall–Kier alpha value is -0.850. The molecule has 1 heteroatoms. The summed E-state index contributed by atoms with van der Waals surface area (Å²) in [5.41, 5.74) is 2.69. The van der Waals surface area contributed by atoms with Crippen molar-refractivity contribution in [3.8, 4) is 0 Å². The molecule has 0 spiro atoms. The van der Waals surface area contributed by atoms with E-state index in [-0.39, 0.29) is 0 Å². The minimum Gasteiger partial charge on any atom is -0.295 e. The number of rotatable bonds is 0. The van der Waals surface area contributed by atoms with Gasteiger partial charge in [0.25, 0.3) is 0 Å². The number of ketones is 1. The van der Waals surface area contributed by atoms with E-state index in [0.717, 1.165) is 12.8 Å². The maximum atomic E-state index is 11.6. The van der Waals surface area contributed by atoms with Crippen LogP contribution in [0.1, 0.15) is 25.7 Å². The van der Waals surface area contributed by atoms with E-state index in [0.29, 0.717) is 17.6 Å². The molecule has 0 amide bonds. The highest BCUT2D eigenvalue weighted by Gasteiger charge is 2.39. The lowest BCUT2D eigenvalue weighted by Crippen LogP contribution is -2.14. The SMILES string of the molecule is O=C1CCCC2=C1[C@H]1C=C[C@@H]2C1. The fourth-order valence-electron chi connectivity index (χ4n) is 2.89. The van der Waals surface area contributed by atoms with Gasteiger partial charge in [0.2, 0.25) is 0 Å². The van der Waals surface area contributed by atoms with Crippen molar-refractivity contribution in [1.82, 2.24) is 0 Å². The van der Waals surface area contributed by atoms with Gasteiger partial charge in [-0.15, -0.1) is 0 Å². The Bertz CT molecular complexity index is 309. The van der Waals surface area contributed by atoms with E-state index in [4.69, 9.17) is 0 Å². The van der Waals surface area contributed by atoms with Crippen molar-refractivity contribution >= 4 is 5.78 Å². The lowest BCUT2D eigenvalue weighted by atomic mass is 9.84. The highest BCUT2D eigenvalue weighted by Crippen LogP contribution is 2.48. The van der Waals surface area contributed by atoms with Crippen molar-refractivity contribution < 1.29 is 4.79 Å². The van der Waals surface area contributed by atoms with Gasteiger partial charge in [-0.05, 0) is 25.2 Å². The molecular weight excluding hydrogens is 148 g/mol. The van der Waals surface area contributed by atoms with Crippen LogP contribution in [-0.2, 0) is 4.79 Å². The number of carbonyl (C=O) groups excluding carboxylic acids is 1. The third-order valence-electron chi connectivity index (χ3n) is 3.40. The average molecular weight is 160 g/mol. The smallest absolute Gasteiger partial charge is 0.159 e. The van der Waals surface area contributed by atoms with Gasteiger partial charge in [0.1, 0.15) is 0 Å². The first-order valence-electron chi connectivity index (χ1n) is 4.81. The van der Waals surface area contributed by atoms with E-state index in [1.807, 2.05) is 0 Å². The normalized spacial score (nSPS) is 37.8. The lowest BCUT2D eigenvalue weighted by molar-refractivity contribution is -0.116. The van der Waals surface area contributed by atoms with E-state index in [1.54, 1.807) is 0 Å². The first kappa shape index (κ1) is 6.64. The van der Waals surface area contributed by atoms with Crippen LogP contribution in [0.4, 0.5) is 0 Å². The van der Waals surface area contributed by atoms with Gasteiger partial charge < -0.3 is 0 Å². The second kappa shape index (κ2) is 2.09. The molecule has 3 aliphatic rings. The molecular formula is C11H12O. The molecule has 0 radical (unpaired) electrons. The van der Waals surface area contributed by atoms with Crippen LogP contribution in [0.3, 0.4) is 0 Å². The summed E-state index contributed by atoms with van der Waals surface area (Å²) in [4.78, 5) is 11.6. The predicted octanol–water partition coefficient (Wildman–Crippen LogP) is 2.24. The molecule has 62 valence electrons. The number of fused-ring (bicyclic) bond motifs is 4. The topological polar surface area (TPSA) is 17.1 Å². The number of Topliss-reactive ketones (excluding diaryl/α,β-unsaturated/α-hetero) is 1. The van der Waals surface area contributed by atoms with Crippen molar-refractivity contribution in [2.24, 2.45) is 11.8 Å². The molecule has 3 rings (SSSR count). The number of allylic oxidation sites excluding steroid dienone is 4. The number of carbonyl (C=O) groups is 1. The molecule has 0 N–H and O–H groups in total. The molecule has 0 aromatic rings. The monoisotopic (exact) mass is 160 g/mol. The first-order chi connectivity index (χ1) is 5.86. The quantitative estimate of drug-likeness (QED) is 0.497. The van der Waals surface area contributed by atoms with Gasteiger partial charge in [0, 0.05) is 17.9 Å². The molecule has 0 aliphatic heterocycles. The second-order valence-corrected chi connectivity index (χ2v) is 4.05. The maximum Gasteiger partial charge on any atom is 0.159 e. The third kappa shape index (κ3) is 0.669. The minimum absolute atomic E-state index is 0.438. The van der Waals surface area contributed by atoms with Crippen LogP contribution < -0.4 is 0 Å². The zero-order chi connectivity index (χ0) is 8.13. The molecule has 0 aromatic heterocycles. The highest BCUT2D eigenvalue weighted by molar-refractivity contribution is 5.98. The van der Waals surface area contributed by atoms with E-state index in [1.165, 1.54) is 24.0 Å². The molecule has 3 aliphatic carbocycles. The number of hydrogen-bond donors (Lipinski definition) is 0. The van der Waals surface area contributed by atoms with E-state index in [2.05, 4.69) is 12.2 Å². The zero-order valence-corrected chi connectivity index (χ0v) is 7.05. The van der Waals surface area contributed by atoms with Crippen molar-refractivity contribution in [3.63, 3.8) is 0 Å². The molecule has 0 saturated carbocycles. The van der Waals surface area contributed by atoms with Gasteiger partial charge in [0.15, 0.2) is 5.78 Å². The molecule has 12 heavy (non-hydrogen) atoms. The van der Waals surface area contributed by atoms with E-state index in [9.17, 15) is 4.79 Å². The molecule has 0 fully saturated rings. The fourth-order valence-corrected chi connectivity index (χ4v) is 2.89. The van der Waals surface area contributed by atoms with Crippen LogP contribution in [0.5, 0.6) is 0 Å². The second-order valence-electron chi connectivity index (χ2n) is 4.05. The molecule has 0 unspecified atom stereocenters. The van der Waals surface area contributed by atoms with Gasteiger partial charge >= 0.3 is 0 Å². The summed E-state index contributed by atoms with van der Waals surface area (Å²) in [6, 6.07) is 0.